The third-order valence-electron chi connectivity index (χ3n) is 2.33. The molecule has 0 spiro atoms. The molecule has 1 atom stereocenters. The highest BCUT2D eigenvalue weighted by Crippen LogP contribution is 2.07. The quantitative estimate of drug-likeness (QED) is 0.570. The lowest BCUT2D eigenvalue weighted by Gasteiger charge is -2.24. The second kappa shape index (κ2) is 6.51. The highest BCUT2D eigenvalue weighted by Gasteiger charge is 2.18. The first-order valence-corrected chi connectivity index (χ1v) is 5.92. The van der Waals surface area contributed by atoms with Crippen molar-refractivity contribution in [3.63, 3.8) is 0 Å². The van der Waals surface area contributed by atoms with Crippen LogP contribution in [0.1, 0.15) is 41.0 Å². The van der Waals surface area contributed by atoms with Crippen LogP contribution in [-0.2, 0) is 4.74 Å². The molecule has 0 aromatic rings. The summed E-state index contributed by atoms with van der Waals surface area (Å²) in [5, 5.41) is 5.87. The standard InChI is InChI=1S/C13H24N2O2/c1-7-13(6,8-2)15-10-9-14-11(16)17-12(3,4)5/h1,15H,8-10H2,2-6H3,(H,14,16). The van der Waals surface area contributed by atoms with Gasteiger partial charge in [-0.1, -0.05) is 12.8 Å². The summed E-state index contributed by atoms with van der Waals surface area (Å²) in [6.45, 7) is 10.6. The highest BCUT2D eigenvalue weighted by molar-refractivity contribution is 5.67. The largest absolute Gasteiger partial charge is 0.444 e. The van der Waals surface area contributed by atoms with Crippen LogP contribution in [0.4, 0.5) is 4.79 Å². The van der Waals surface area contributed by atoms with Gasteiger partial charge in [0.2, 0.25) is 0 Å². The first-order chi connectivity index (χ1) is 7.72. The van der Waals surface area contributed by atoms with Crippen LogP contribution in [-0.4, -0.2) is 30.3 Å². The Kier molecular flexibility index (Phi) is 6.04. The Morgan fingerprint density at radius 3 is 2.29 bits per heavy atom. The molecule has 0 aromatic heterocycles. The number of hydrogen-bond donors (Lipinski definition) is 2. The first-order valence-electron chi connectivity index (χ1n) is 5.92. The molecule has 0 rings (SSSR count). The molecule has 4 nitrogen and oxygen atoms in total. The van der Waals surface area contributed by atoms with Gasteiger partial charge in [-0.05, 0) is 34.1 Å². The van der Waals surface area contributed by atoms with Crippen molar-refractivity contribution in [2.24, 2.45) is 0 Å². The molecule has 0 fully saturated rings. The fourth-order valence-corrected chi connectivity index (χ4v) is 1.10. The minimum absolute atomic E-state index is 0.310. The predicted molar refractivity (Wildman–Crippen MR) is 69.8 cm³/mol. The lowest BCUT2D eigenvalue weighted by molar-refractivity contribution is 0.0527. The van der Waals surface area contributed by atoms with E-state index in [-0.39, 0.29) is 5.54 Å². The van der Waals surface area contributed by atoms with Crippen LogP contribution >= 0.6 is 0 Å². The van der Waals surface area contributed by atoms with Crippen molar-refractivity contribution in [2.75, 3.05) is 13.1 Å². The topological polar surface area (TPSA) is 50.4 Å². The van der Waals surface area contributed by atoms with Crippen LogP contribution < -0.4 is 10.6 Å². The molecule has 0 aliphatic carbocycles. The van der Waals surface area contributed by atoms with Gasteiger partial charge in [-0.3, -0.25) is 5.32 Å². The molecule has 0 saturated heterocycles. The van der Waals surface area contributed by atoms with E-state index >= 15 is 0 Å². The maximum Gasteiger partial charge on any atom is 0.407 e. The van der Waals surface area contributed by atoms with Gasteiger partial charge in [0.25, 0.3) is 0 Å². The lowest BCUT2D eigenvalue weighted by Crippen LogP contribution is -2.45. The van der Waals surface area contributed by atoms with Gasteiger partial charge in [0, 0.05) is 13.1 Å². The van der Waals surface area contributed by atoms with Crippen LogP contribution in [0.3, 0.4) is 0 Å². The molecule has 1 amide bonds. The van der Waals surface area contributed by atoms with E-state index in [1.54, 1.807) is 0 Å². The maximum atomic E-state index is 11.3. The summed E-state index contributed by atoms with van der Waals surface area (Å²) >= 11 is 0. The fourth-order valence-electron chi connectivity index (χ4n) is 1.10. The van der Waals surface area contributed by atoms with Crippen LogP contribution in [0, 0.1) is 12.3 Å². The Morgan fingerprint density at radius 2 is 1.88 bits per heavy atom. The SMILES string of the molecule is C#CC(C)(CC)NCCNC(=O)OC(C)(C)C. The first kappa shape index (κ1) is 15.8. The number of ether oxygens (including phenoxy) is 1. The highest BCUT2D eigenvalue weighted by atomic mass is 16.6. The van der Waals surface area contributed by atoms with E-state index < -0.39 is 11.7 Å². The molecule has 0 bridgehead atoms. The lowest BCUT2D eigenvalue weighted by atomic mass is 10.0. The van der Waals surface area contributed by atoms with E-state index in [2.05, 4.69) is 16.6 Å². The van der Waals surface area contributed by atoms with E-state index in [0.717, 1.165) is 6.42 Å². The van der Waals surface area contributed by atoms with Gasteiger partial charge in [0.1, 0.15) is 5.60 Å². The minimum Gasteiger partial charge on any atom is -0.444 e. The van der Waals surface area contributed by atoms with Crippen molar-refractivity contribution in [2.45, 2.75) is 52.2 Å². The monoisotopic (exact) mass is 240 g/mol. The molecule has 2 N–H and O–H groups in total. The van der Waals surface area contributed by atoms with Crippen molar-refractivity contribution in [1.82, 2.24) is 10.6 Å². The molecule has 0 radical (unpaired) electrons. The number of alkyl carbamates (subject to hydrolysis) is 1. The van der Waals surface area contributed by atoms with E-state index in [1.165, 1.54) is 0 Å². The summed E-state index contributed by atoms with van der Waals surface area (Å²) in [6.07, 6.45) is 5.86. The number of hydrogen-bond acceptors (Lipinski definition) is 3. The van der Waals surface area contributed by atoms with Crippen LogP contribution in [0.2, 0.25) is 0 Å². The molecular weight excluding hydrogens is 216 g/mol. The van der Waals surface area contributed by atoms with Crippen LogP contribution in [0.5, 0.6) is 0 Å². The number of carbonyl (C=O) groups is 1. The van der Waals surface area contributed by atoms with E-state index in [9.17, 15) is 4.79 Å². The third-order valence-corrected chi connectivity index (χ3v) is 2.33. The number of terminal acetylenes is 1. The Morgan fingerprint density at radius 1 is 1.29 bits per heavy atom. The number of rotatable bonds is 5. The zero-order chi connectivity index (χ0) is 13.5. The molecule has 4 heteroatoms. The molecule has 98 valence electrons. The Balaban J connectivity index is 3.80. The van der Waals surface area contributed by atoms with Crippen molar-refractivity contribution in [3.05, 3.63) is 0 Å². The normalized spacial score (nSPS) is 14.6. The molecule has 0 saturated carbocycles. The molecule has 0 heterocycles. The van der Waals surface area contributed by atoms with Gasteiger partial charge in [-0.15, -0.1) is 6.42 Å². The zero-order valence-electron chi connectivity index (χ0n) is 11.5. The fraction of sp³-hybridized carbons (Fsp3) is 0.769. The van der Waals surface area contributed by atoms with Gasteiger partial charge >= 0.3 is 6.09 Å². The minimum atomic E-state index is -0.464. The summed E-state index contributed by atoms with van der Waals surface area (Å²) < 4.78 is 5.10. The van der Waals surface area contributed by atoms with E-state index in [4.69, 9.17) is 11.2 Å². The molecule has 1 unspecified atom stereocenters. The van der Waals surface area contributed by atoms with Crippen LogP contribution in [0.25, 0.3) is 0 Å². The van der Waals surface area contributed by atoms with Gasteiger partial charge in [0.05, 0.1) is 5.54 Å². The number of amides is 1. The zero-order valence-corrected chi connectivity index (χ0v) is 11.5. The smallest absolute Gasteiger partial charge is 0.407 e. The number of carbonyl (C=O) groups excluding carboxylic acids is 1. The third kappa shape index (κ3) is 7.64. The molecule has 0 aromatic carbocycles. The van der Waals surface area contributed by atoms with Crippen molar-refractivity contribution in [1.29, 1.82) is 0 Å². The maximum absolute atomic E-state index is 11.3. The summed E-state index contributed by atoms with van der Waals surface area (Å²) in [5.74, 6) is 2.70. The van der Waals surface area contributed by atoms with Gasteiger partial charge in [-0.25, -0.2) is 4.79 Å². The molecule has 17 heavy (non-hydrogen) atoms. The summed E-state index contributed by atoms with van der Waals surface area (Å²) in [6, 6.07) is 0. The molecule has 0 aliphatic rings. The average molecular weight is 240 g/mol. The second-order valence-electron chi connectivity index (χ2n) is 5.19. The second-order valence-corrected chi connectivity index (χ2v) is 5.19. The average Bonchev–Trinajstić information content (AvgIpc) is 2.21. The van der Waals surface area contributed by atoms with E-state index in [1.807, 2.05) is 34.6 Å². The van der Waals surface area contributed by atoms with Crippen LogP contribution in [0.15, 0.2) is 0 Å². The number of nitrogens with one attached hydrogen (secondary N) is 2. The molecule has 0 aliphatic heterocycles. The van der Waals surface area contributed by atoms with Gasteiger partial charge in [0.15, 0.2) is 0 Å². The van der Waals surface area contributed by atoms with E-state index in [0.29, 0.717) is 13.1 Å². The van der Waals surface area contributed by atoms with Crippen molar-refractivity contribution < 1.29 is 9.53 Å². The van der Waals surface area contributed by atoms with Crippen molar-refractivity contribution >= 4 is 6.09 Å². The summed E-state index contributed by atoms with van der Waals surface area (Å²) in [5.41, 5.74) is -0.774. The summed E-state index contributed by atoms with van der Waals surface area (Å²) in [4.78, 5) is 11.3. The molecular formula is C13H24N2O2. The van der Waals surface area contributed by atoms with Gasteiger partial charge < -0.3 is 10.1 Å². The summed E-state index contributed by atoms with van der Waals surface area (Å²) in [7, 11) is 0. The van der Waals surface area contributed by atoms with Crippen molar-refractivity contribution in [3.8, 4) is 12.3 Å². The Bertz CT molecular complexity index is 289. The predicted octanol–water partition coefficient (Wildman–Crippen LogP) is 1.90. The Labute approximate surface area is 104 Å². The van der Waals surface area contributed by atoms with Gasteiger partial charge in [-0.2, -0.15) is 0 Å². The Hall–Kier alpha value is -1.21.